The Hall–Kier alpha value is -2.98. The second kappa shape index (κ2) is 9.25. The Morgan fingerprint density at radius 1 is 1.06 bits per heavy atom. The first-order chi connectivity index (χ1) is 15.4. The Morgan fingerprint density at radius 3 is 2.44 bits per heavy atom. The summed E-state index contributed by atoms with van der Waals surface area (Å²) in [7, 11) is -3.90. The summed E-state index contributed by atoms with van der Waals surface area (Å²) < 4.78 is 27.6. The number of sulfonamides is 1. The van der Waals surface area contributed by atoms with Gasteiger partial charge in [-0.2, -0.15) is 4.31 Å². The predicted octanol–water partition coefficient (Wildman–Crippen LogP) is 0.618. The van der Waals surface area contributed by atoms with Gasteiger partial charge in [-0.15, -0.1) is 0 Å². The van der Waals surface area contributed by atoms with Gasteiger partial charge in [0, 0.05) is 45.5 Å². The lowest BCUT2D eigenvalue weighted by Crippen LogP contribution is -2.59. The number of hydrogen-bond acceptors (Lipinski definition) is 6. The van der Waals surface area contributed by atoms with Crippen LogP contribution in [0.3, 0.4) is 0 Å². The molecule has 0 spiro atoms. The van der Waals surface area contributed by atoms with Gasteiger partial charge in [0.05, 0.1) is 11.3 Å². The number of hydrogen-bond donors (Lipinski definition) is 1. The minimum atomic E-state index is -3.90. The Labute approximate surface area is 188 Å². The summed E-state index contributed by atoms with van der Waals surface area (Å²) in [5, 5.41) is 2.70. The van der Waals surface area contributed by atoms with Crippen LogP contribution in [0.1, 0.15) is 12.0 Å². The molecule has 0 bridgehead atoms. The van der Waals surface area contributed by atoms with Crippen LogP contribution in [0.2, 0.25) is 0 Å². The molecule has 1 N–H and O–H groups in total. The van der Waals surface area contributed by atoms with E-state index in [0.717, 1.165) is 11.4 Å². The molecule has 0 saturated carbocycles. The molecule has 1 aromatic carbocycles. The van der Waals surface area contributed by atoms with Crippen molar-refractivity contribution < 1.29 is 18.0 Å². The molecule has 4 rings (SSSR count). The van der Waals surface area contributed by atoms with Crippen LogP contribution in [0.5, 0.6) is 0 Å². The summed E-state index contributed by atoms with van der Waals surface area (Å²) in [6.07, 6.45) is 1.55. The summed E-state index contributed by atoms with van der Waals surface area (Å²) in [4.78, 5) is 33.8. The first kappa shape index (κ1) is 22.2. The van der Waals surface area contributed by atoms with E-state index in [9.17, 15) is 18.0 Å². The SMILES string of the molecule is Cc1ccc(S(=O)(=O)N2CCNC(=O)[C@@H]2CC(=O)N2CCN(c3ccccn3)CC2)cc1. The first-order valence-electron chi connectivity index (χ1n) is 10.7. The highest BCUT2D eigenvalue weighted by molar-refractivity contribution is 7.89. The van der Waals surface area contributed by atoms with E-state index < -0.39 is 22.0 Å². The minimum Gasteiger partial charge on any atom is -0.353 e. The number of pyridine rings is 1. The van der Waals surface area contributed by atoms with Gasteiger partial charge in [-0.05, 0) is 31.2 Å². The zero-order valence-corrected chi connectivity index (χ0v) is 18.8. The highest BCUT2D eigenvalue weighted by atomic mass is 32.2. The molecular weight excluding hydrogens is 430 g/mol. The Balaban J connectivity index is 1.45. The Morgan fingerprint density at radius 2 is 1.78 bits per heavy atom. The molecule has 3 heterocycles. The maximum Gasteiger partial charge on any atom is 0.243 e. The van der Waals surface area contributed by atoms with Crippen LogP contribution >= 0.6 is 0 Å². The summed E-state index contributed by atoms with van der Waals surface area (Å²) in [6, 6.07) is 11.2. The predicted molar refractivity (Wildman–Crippen MR) is 120 cm³/mol. The van der Waals surface area contributed by atoms with Crippen LogP contribution in [-0.2, 0) is 19.6 Å². The van der Waals surface area contributed by atoms with Crippen molar-refractivity contribution in [3.05, 3.63) is 54.2 Å². The van der Waals surface area contributed by atoms with E-state index in [2.05, 4.69) is 15.2 Å². The molecule has 0 radical (unpaired) electrons. The van der Waals surface area contributed by atoms with Gasteiger partial charge in [-0.25, -0.2) is 13.4 Å². The van der Waals surface area contributed by atoms with E-state index in [1.165, 1.54) is 16.4 Å². The van der Waals surface area contributed by atoms with Crippen molar-refractivity contribution in [1.29, 1.82) is 0 Å². The third-order valence-electron chi connectivity index (χ3n) is 5.88. The Bertz CT molecular complexity index is 1070. The molecule has 2 saturated heterocycles. The number of carbonyl (C=O) groups is 2. The molecule has 2 amide bonds. The van der Waals surface area contributed by atoms with Gasteiger partial charge < -0.3 is 15.1 Å². The number of nitrogens with zero attached hydrogens (tertiary/aromatic N) is 4. The van der Waals surface area contributed by atoms with E-state index in [4.69, 9.17) is 0 Å². The summed E-state index contributed by atoms with van der Waals surface area (Å²) in [6.45, 7) is 4.48. The number of carbonyl (C=O) groups excluding carboxylic acids is 2. The maximum absolute atomic E-state index is 13.2. The number of benzene rings is 1. The number of piperazine rings is 2. The smallest absolute Gasteiger partial charge is 0.243 e. The molecule has 32 heavy (non-hydrogen) atoms. The minimum absolute atomic E-state index is 0.124. The molecule has 2 aliphatic heterocycles. The molecule has 1 aromatic heterocycles. The van der Waals surface area contributed by atoms with Gasteiger partial charge >= 0.3 is 0 Å². The number of nitrogens with one attached hydrogen (secondary N) is 1. The summed E-state index contributed by atoms with van der Waals surface area (Å²) in [5.41, 5.74) is 0.942. The lowest BCUT2D eigenvalue weighted by Gasteiger charge is -2.38. The van der Waals surface area contributed by atoms with Crippen LogP contribution in [-0.4, -0.2) is 79.7 Å². The van der Waals surface area contributed by atoms with Crippen molar-refractivity contribution in [3.8, 4) is 0 Å². The molecule has 0 aliphatic carbocycles. The summed E-state index contributed by atoms with van der Waals surface area (Å²) in [5.74, 6) is 0.200. The third kappa shape index (κ3) is 4.61. The molecule has 0 unspecified atom stereocenters. The van der Waals surface area contributed by atoms with Crippen LogP contribution in [0.25, 0.3) is 0 Å². The number of anilines is 1. The second-order valence-corrected chi connectivity index (χ2v) is 9.89. The van der Waals surface area contributed by atoms with Crippen molar-refractivity contribution >= 4 is 27.7 Å². The highest BCUT2D eigenvalue weighted by Gasteiger charge is 2.40. The van der Waals surface area contributed by atoms with Crippen molar-refractivity contribution in [2.45, 2.75) is 24.3 Å². The lowest BCUT2D eigenvalue weighted by molar-refractivity contribution is -0.137. The standard InChI is InChI=1S/C22H27N5O4S/c1-17-5-7-18(8-6-17)32(30,31)27-11-10-24-22(29)19(27)16-21(28)26-14-12-25(13-15-26)20-4-2-3-9-23-20/h2-9,19H,10-16H2,1H3,(H,24,29)/t19-/m0/s1. The van der Waals surface area contributed by atoms with E-state index in [-0.39, 0.29) is 30.3 Å². The second-order valence-electron chi connectivity index (χ2n) is 8.00. The topological polar surface area (TPSA) is 103 Å². The normalized spacial score (nSPS) is 20.2. The number of aryl methyl sites for hydroxylation is 1. The van der Waals surface area contributed by atoms with Crippen molar-refractivity contribution in [3.63, 3.8) is 0 Å². The largest absolute Gasteiger partial charge is 0.353 e. The van der Waals surface area contributed by atoms with Crippen molar-refractivity contribution in [1.82, 2.24) is 19.5 Å². The molecule has 2 fully saturated rings. The van der Waals surface area contributed by atoms with E-state index in [0.29, 0.717) is 26.2 Å². The third-order valence-corrected chi connectivity index (χ3v) is 7.81. The number of amides is 2. The fraction of sp³-hybridized carbons (Fsp3) is 0.409. The lowest BCUT2D eigenvalue weighted by atomic mass is 10.1. The zero-order chi connectivity index (χ0) is 22.7. The van der Waals surface area contributed by atoms with Gasteiger partial charge in [-0.3, -0.25) is 9.59 Å². The van der Waals surface area contributed by atoms with Gasteiger partial charge in [0.2, 0.25) is 21.8 Å². The van der Waals surface area contributed by atoms with Crippen LogP contribution in [0.15, 0.2) is 53.6 Å². The van der Waals surface area contributed by atoms with E-state index in [1.807, 2.05) is 25.1 Å². The molecule has 2 aromatic rings. The van der Waals surface area contributed by atoms with Gasteiger partial charge in [0.1, 0.15) is 11.9 Å². The average Bonchev–Trinajstić information content (AvgIpc) is 2.81. The number of rotatable bonds is 5. The fourth-order valence-electron chi connectivity index (χ4n) is 4.04. The van der Waals surface area contributed by atoms with Crippen LogP contribution in [0.4, 0.5) is 5.82 Å². The summed E-state index contributed by atoms with van der Waals surface area (Å²) >= 11 is 0. The average molecular weight is 458 g/mol. The zero-order valence-electron chi connectivity index (χ0n) is 18.0. The van der Waals surface area contributed by atoms with Gasteiger partial charge in [0.15, 0.2) is 0 Å². The fourth-order valence-corrected chi connectivity index (χ4v) is 5.63. The van der Waals surface area contributed by atoms with E-state index >= 15 is 0 Å². The van der Waals surface area contributed by atoms with Gasteiger partial charge in [0.25, 0.3) is 0 Å². The van der Waals surface area contributed by atoms with Crippen molar-refractivity contribution in [2.75, 3.05) is 44.2 Å². The number of aromatic nitrogens is 1. The molecular formula is C22H27N5O4S. The molecule has 10 heteroatoms. The monoisotopic (exact) mass is 457 g/mol. The highest BCUT2D eigenvalue weighted by Crippen LogP contribution is 2.23. The molecule has 170 valence electrons. The van der Waals surface area contributed by atoms with Crippen LogP contribution < -0.4 is 10.2 Å². The van der Waals surface area contributed by atoms with Crippen molar-refractivity contribution in [2.24, 2.45) is 0 Å². The van der Waals surface area contributed by atoms with E-state index in [1.54, 1.807) is 23.2 Å². The maximum atomic E-state index is 13.2. The first-order valence-corrected chi connectivity index (χ1v) is 12.1. The molecule has 2 aliphatic rings. The Kier molecular flexibility index (Phi) is 6.43. The quantitative estimate of drug-likeness (QED) is 0.706. The molecule has 1 atom stereocenters. The van der Waals surface area contributed by atoms with Gasteiger partial charge in [-0.1, -0.05) is 23.8 Å². The van der Waals surface area contributed by atoms with Crippen LogP contribution in [0, 0.1) is 6.92 Å². The molecule has 9 nitrogen and oxygen atoms in total.